The molecule has 2 aromatic rings. The smallest absolute Gasteiger partial charge is 0.326 e. The number of fused-ring (bicyclic) bond motifs is 1. The molecule has 1 aliphatic rings. The van der Waals surface area contributed by atoms with Crippen LogP contribution in [0.25, 0.3) is 0 Å². The second kappa shape index (κ2) is 6.24. The molecule has 1 aromatic carbocycles. The molecule has 2 atom stereocenters. The van der Waals surface area contributed by atoms with Crippen molar-refractivity contribution in [2.75, 3.05) is 5.32 Å². The number of benzene rings is 1. The van der Waals surface area contributed by atoms with Crippen molar-refractivity contribution in [1.82, 2.24) is 9.55 Å². The SMILES string of the molecule is CC[C@@H](Nc1ncc2n(c1=O)[C@H](C(=O)O)CC2)c1ccccc1. The largest absolute Gasteiger partial charge is 0.480 e. The lowest BCUT2D eigenvalue weighted by Gasteiger charge is -2.19. The average Bonchev–Trinajstić information content (AvgIpc) is 3.00. The third-order valence-corrected chi connectivity index (χ3v) is 4.27. The van der Waals surface area contributed by atoms with Crippen molar-refractivity contribution in [2.45, 2.75) is 38.3 Å². The number of nitrogens with zero attached hydrogens (tertiary/aromatic N) is 2. The fourth-order valence-electron chi connectivity index (χ4n) is 3.05. The van der Waals surface area contributed by atoms with Crippen LogP contribution in [0.5, 0.6) is 0 Å². The maximum absolute atomic E-state index is 12.6. The van der Waals surface area contributed by atoms with Crippen LogP contribution < -0.4 is 10.9 Å². The molecular weight excluding hydrogens is 294 g/mol. The Morgan fingerprint density at radius 2 is 2.17 bits per heavy atom. The fourth-order valence-corrected chi connectivity index (χ4v) is 3.05. The van der Waals surface area contributed by atoms with Crippen LogP contribution in [0.2, 0.25) is 0 Å². The molecule has 2 N–H and O–H groups in total. The number of carbonyl (C=O) groups is 1. The Bertz CT molecular complexity index is 770. The highest BCUT2D eigenvalue weighted by Crippen LogP contribution is 2.25. The zero-order valence-corrected chi connectivity index (χ0v) is 12.9. The Hall–Kier alpha value is -2.63. The summed E-state index contributed by atoms with van der Waals surface area (Å²) in [5.74, 6) is -0.768. The van der Waals surface area contributed by atoms with E-state index in [9.17, 15) is 14.7 Å². The summed E-state index contributed by atoms with van der Waals surface area (Å²) in [6, 6.07) is 8.98. The van der Waals surface area contributed by atoms with E-state index in [2.05, 4.69) is 10.3 Å². The number of rotatable bonds is 5. The minimum Gasteiger partial charge on any atom is -0.480 e. The highest BCUT2D eigenvalue weighted by Gasteiger charge is 2.30. The lowest BCUT2D eigenvalue weighted by Crippen LogP contribution is -2.31. The number of aromatic nitrogens is 2. The molecule has 2 heterocycles. The molecular formula is C17H19N3O3. The number of aryl methyl sites for hydroxylation is 1. The first-order valence-electron chi connectivity index (χ1n) is 7.76. The molecule has 0 saturated heterocycles. The monoisotopic (exact) mass is 313 g/mol. The van der Waals surface area contributed by atoms with Gasteiger partial charge in [-0.25, -0.2) is 9.78 Å². The Kier molecular flexibility index (Phi) is 4.14. The predicted octanol–water partition coefficient (Wildman–Crippen LogP) is 2.38. The van der Waals surface area contributed by atoms with Gasteiger partial charge in [0.15, 0.2) is 5.82 Å². The van der Waals surface area contributed by atoms with Crippen LogP contribution in [-0.2, 0) is 11.2 Å². The second-order valence-electron chi connectivity index (χ2n) is 5.68. The fraction of sp³-hybridized carbons (Fsp3) is 0.353. The van der Waals surface area contributed by atoms with Crippen molar-refractivity contribution >= 4 is 11.8 Å². The maximum atomic E-state index is 12.6. The van der Waals surface area contributed by atoms with Crippen molar-refractivity contribution < 1.29 is 9.90 Å². The van der Waals surface area contributed by atoms with E-state index in [1.165, 1.54) is 4.57 Å². The molecule has 0 radical (unpaired) electrons. The summed E-state index contributed by atoms with van der Waals surface area (Å²) < 4.78 is 1.36. The zero-order chi connectivity index (χ0) is 16.4. The van der Waals surface area contributed by atoms with Gasteiger partial charge in [-0.3, -0.25) is 9.36 Å². The summed E-state index contributed by atoms with van der Waals surface area (Å²) in [6.07, 6.45) is 3.39. The van der Waals surface area contributed by atoms with E-state index in [1.807, 2.05) is 37.3 Å². The van der Waals surface area contributed by atoms with Gasteiger partial charge in [0, 0.05) is 11.9 Å². The lowest BCUT2D eigenvalue weighted by molar-refractivity contribution is -0.140. The average molecular weight is 313 g/mol. The molecule has 3 rings (SSSR count). The summed E-state index contributed by atoms with van der Waals surface area (Å²) in [4.78, 5) is 28.2. The molecule has 0 unspecified atom stereocenters. The van der Waals surface area contributed by atoms with Gasteiger partial charge in [-0.2, -0.15) is 0 Å². The first kappa shape index (κ1) is 15.3. The van der Waals surface area contributed by atoms with E-state index in [-0.39, 0.29) is 17.4 Å². The van der Waals surface area contributed by atoms with Gasteiger partial charge >= 0.3 is 5.97 Å². The zero-order valence-electron chi connectivity index (χ0n) is 12.9. The topological polar surface area (TPSA) is 84.2 Å². The van der Waals surface area contributed by atoms with Gasteiger partial charge in [-0.1, -0.05) is 37.3 Å². The van der Waals surface area contributed by atoms with Gasteiger partial charge in [0.2, 0.25) is 0 Å². The summed E-state index contributed by atoms with van der Waals surface area (Å²) >= 11 is 0. The predicted molar refractivity (Wildman–Crippen MR) is 86.6 cm³/mol. The number of carboxylic acid groups (broad SMARTS) is 1. The molecule has 6 nitrogen and oxygen atoms in total. The van der Waals surface area contributed by atoms with Crippen molar-refractivity contribution in [3.05, 3.63) is 58.1 Å². The Labute approximate surface area is 133 Å². The molecule has 0 fully saturated rings. The van der Waals surface area contributed by atoms with Crippen LogP contribution >= 0.6 is 0 Å². The summed E-state index contributed by atoms with van der Waals surface area (Å²) in [5, 5.41) is 12.4. The van der Waals surface area contributed by atoms with E-state index in [0.717, 1.165) is 12.0 Å². The standard InChI is InChI=1S/C17H19N3O3/c1-2-13(11-6-4-3-5-7-11)19-15-16(21)20-12(10-18-15)8-9-14(20)17(22)23/h3-7,10,13-14H,2,8-9H2,1H3,(H,18,19)(H,22,23)/t13-,14+/m1/s1. The molecule has 0 saturated carbocycles. The highest BCUT2D eigenvalue weighted by molar-refractivity contribution is 5.72. The number of anilines is 1. The van der Waals surface area contributed by atoms with Crippen LogP contribution in [0.15, 0.2) is 41.3 Å². The Morgan fingerprint density at radius 3 is 2.83 bits per heavy atom. The molecule has 0 amide bonds. The molecule has 0 spiro atoms. The van der Waals surface area contributed by atoms with Crippen molar-refractivity contribution in [1.29, 1.82) is 0 Å². The molecule has 6 heteroatoms. The molecule has 23 heavy (non-hydrogen) atoms. The van der Waals surface area contributed by atoms with E-state index < -0.39 is 12.0 Å². The van der Waals surface area contributed by atoms with Crippen LogP contribution in [0.4, 0.5) is 5.82 Å². The number of nitrogens with one attached hydrogen (secondary N) is 1. The highest BCUT2D eigenvalue weighted by atomic mass is 16.4. The van der Waals surface area contributed by atoms with E-state index in [1.54, 1.807) is 6.20 Å². The Morgan fingerprint density at radius 1 is 1.43 bits per heavy atom. The van der Waals surface area contributed by atoms with Crippen molar-refractivity contribution in [3.63, 3.8) is 0 Å². The van der Waals surface area contributed by atoms with Crippen LogP contribution in [0.1, 0.15) is 43.1 Å². The Balaban J connectivity index is 1.94. The molecule has 1 aliphatic heterocycles. The number of carboxylic acids is 1. The summed E-state index contributed by atoms with van der Waals surface area (Å²) in [6.45, 7) is 2.02. The number of aliphatic carboxylic acids is 1. The minimum absolute atomic E-state index is 0.0419. The van der Waals surface area contributed by atoms with Crippen LogP contribution in [-0.4, -0.2) is 20.6 Å². The number of hydrogen-bond donors (Lipinski definition) is 2. The van der Waals surface area contributed by atoms with Crippen molar-refractivity contribution in [2.24, 2.45) is 0 Å². The van der Waals surface area contributed by atoms with Crippen molar-refractivity contribution in [3.8, 4) is 0 Å². The molecule has 0 bridgehead atoms. The minimum atomic E-state index is -0.974. The van der Waals surface area contributed by atoms with Crippen LogP contribution in [0, 0.1) is 0 Å². The summed E-state index contributed by atoms with van der Waals surface area (Å²) in [7, 11) is 0. The van der Waals surface area contributed by atoms with Gasteiger partial charge in [-0.15, -0.1) is 0 Å². The molecule has 120 valence electrons. The summed E-state index contributed by atoms with van der Waals surface area (Å²) in [5.41, 5.74) is 1.39. The van der Waals surface area contributed by atoms with E-state index in [0.29, 0.717) is 18.5 Å². The first-order chi connectivity index (χ1) is 11.1. The van der Waals surface area contributed by atoms with Crippen LogP contribution in [0.3, 0.4) is 0 Å². The number of hydrogen-bond acceptors (Lipinski definition) is 4. The normalized spacial score (nSPS) is 17.5. The third-order valence-electron chi connectivity index (χ3n) is 4.27. The lowest BCUT2D eigenvalue weighted by atomic mass is 10.0. The van der Waals surface area contributed by atoms with E-state index >= 15 is 0 Å². The third kappa shape index (κ3) is 2.84. The van der Waals surface area contributed by atoms with Gasteiger partial charge < -0.3 is 10.4 Å². The quantitative estimate of drug-likeness (QED) is 0.885. The van der Waals surface area contributed by atoms with E-state index in [4.69, 9.17) is 0 Å². The van der Waals surface area contributed by atoms with Gasteiger partial charge in [0.1, 0.15) is 6.04 Å². The first-order valence-corrected chi connectivity index (χ1v) is 7.76. The maximum Gasteiger partial charge on any atom is 0.326 e. The second-order valence-corrected chi connectivity index (χ2v) is 5.68. The van der Waals surface area contributed by atoms with Gasteiger partial charge in [-0.05, 0) is 24.8 Å². The van der Waals surface area contributed by atoms with Gasteiger partial charge in [0.25, 0.3) is 5.56 Å². The molecule has 0 aliphatic carbocycles. The molecule has 1 aromatic heterocycles. The van der Waals surface area contributed by atoms with Gasteiger partial charge in [0.05, 0.1) is 6.04 Å².